The fraction of sp³-hybridized carbons (Fsp3) is 0.478. The molecule has 6 nitrogen and oxygen atoms in total. The van der Waals surface area contributed by atoms with Crippen LogP contribution in [-0.2, 0) is 16.1 Å². The second-order valence-corrected chi connectivity index (χ2v) is 8.29. The van der Waals surface area contributed by atoms with Gasteiger partial charge in [-0.1, -0.05) is 24.6 Å². The molecule has 1 aromatic carbocycles. The van der Waals surface area contributed by atoms with Crippen LogP contribution in [0.1, 0.15) is 54.3 Å². The van der Waals surface area contributed by atoms with Crippen molar-refractivity contribution in [3.05, 3.63) is 59.5 Å². The molecular weight excluding hydrogens is 368 g/mol. The van der Waals surface area contributed by atoms with Crippen molar-refractivity contribution in [2.45, 2.75) is 57.8 Å². The van der Waals surface area contributed by atoms with E-state index in [1.165, 1.54) is 0 Å². The smallest absolute Gasteiger partial charge is 0.256 e. The molecular formula is C23H28N2O4. The third-order valence-electron chi connectivity index (χ3n) is 6.15. The summed E-state index contributed by atoms with van der Waals surface area (Å²) in [6.45, 7) is 4.72. The van der Waals surface area contributed by atoms with Gasteiger partial charge in [0.15, 0.2) is 0 Å². The predicted molar refractivity (Wildman–Crippen MR) is 108 cm³/mol. The van der Waals surface area contributed by atoms with Crippen LogP contribution in [0, 0.1) is 12.8 Å². The Hall–Kier alpha value is -2.60. The van der Waals surface area contributed by atoms with Gasteiger partial charge in [-0.3, -0.25) is 14.5 Å². The van der Waals surface area contributed by atoms with E-state index in [1.807, 2.05) is 37.3 Å². The highest BCUT2D eigenvalue weighted by atomic mass is 16.5. The number of nitrogens with zero attached hydrogens (tertiary/aromatic N) is 1. The highest BCUT2D eigenvalue weighted by Crippen LogP contribution is 2.43. The molecule has 4 rings (SSSR count). The summed E-state index contributed by atoms with van der Waals surface area (Å²) in [5, 5.41) is 2.90. The fourth-order valence-electron chi connectivity index (χ4n) is 4.32. The normalized spacial score (nSPS) is 26.6. The third-order valence-corrected chi connectivity index (χ3v) is 6.15. The zero-order valence-corrected chi connectivity index (χ0v) is 17.0. The molecule has 0 bridgehead atoms. The van der Waals surface area contributed by atoms with Crippen molar-refractivity contribution in [2.75, 3.05) is 6.61 Å². The number of amides is 2. The Balaban J connectivity index is 1.58. The number of nitrogens with one attached hydrogen (secondary N) is 1. The number of ether oxygens (including phenoxy) is 1. The average Bonchev–Trinajstić information content (AvgIpc) is 3.37. The van der Waals surface area contributed by atoms with E-state index in [4.69, 9.17) is 9.15 Å². The van der Waals surface area contributed by atoms with E-state index < -0.39 is 11.8 Å². The lowest BCUT2D eigenvalue weighted by atomic mass is 9.83. The lowest BCUT2D eigenvalue weighted by Crippen LogP contribution is -2.56. The predicted octanol–water partition coefficient (Wildman–Crippen LogP) is 3.65. The summed E-state index contributed by atoms with van der Waals surface area (Å²) in [4.78, 5) is 28.2. The monoisotopic (exact) mass is 396 g/mol. The SMILES string of the molecule is Cc1ccc(C(=O)N2[C@@H](C(=O)NCc3ccco3)COC23CCC(C)CC3)cc1. The molecule has 1 saturated heterocycles. The summed E-state index contributed by atoms with van der Waals surface area (Å²) < 4.78 is 11.5. The maximum absolute atomic E-state index is 13.5. The molecule has 2 heterocycles. The molecule has 1 N–H and O–H groups in total. The van der Waals surface area contributed by atoms with E-state index in [0.717, 1.165) is 31.2 Å². The summed E-state index contributed by atoms with van der Waals surface area (Å²) in [7, 11) is 0. The minimum atomic E-state index is -0.693. The van der Waals surface area contributed by atoms with E-state index in [9.17, 15) is 9.59 Å². The first-order valence-electron chi connectivity index (χ1n) is 10.3. The van der Waals surface area contributed by atoms with Crippen molar-refractivity contribution >= 4 is 11.8 Å². The van der Waals surface area contributed by atoms with Crippen molar-refractivity contribution in [3.63, 3.8) is 0 Å². The molecule has 2 aliphatic rings. The van der Waals surface area contributed by atoms with Crippen molar-refractivity contribution in [1.82, 2.24) is 10.2 Å². The molecule has 29 heavy (non-hydrogen) atoms. The Kier molecular flexibility index (Phi) is 5.46. The van der Waals surface area contributed by atoms with E-state index in [0.29, 0.717) is 23.8 Å². The van der Waals surface area contributed by atoms with Crippen molar-refractivity contribution in [2.24, 2.45) is 5.92 Å². The molecule has 1 aliphatic carbocycles. The molecule has 1 aromatic heterocycles. The fourth-order valence-corrected chi connectivity index (χ4v) is 4.32. The van der Waals surface area contributed by atoms with Crippen LogP contribution in [0.25, 0.3) is 0 Å². The second-order valence-electron chi connectivity index (χ2n) is 8.29. The molecule has 154 valence electrons. The Morgan fingerprint density at radius 3 is 2.55 bits per heavy atom. The molecule has 2 fully saturated rings. The van der Waals surface area contributed by atoms with Crippen LogP contribution >= 0.6 is 0 Å². The Morgan fingerprint density at radius 2 is 1.90 bits per heavy atom. The summed E-state index contributed by atoms with van der Waals surface area (Å²) in [5.74, 6) is 0.926. The van der Waals surface area contributed by atoms with Gasteiger partial charge in [-0.05, 0) is 62.8 Å². The molecule has 1 spiro atoms. The van der Waals surface area contributed by atoms with Gasteiger partial charge in [0, 0.05) is 5.56 Å². The molecule has 2 aromatic rings. The van der Waals surface area contributed by atoms with E-state index in [-0.39, 0.29) is 18.4 Å². The van der Waals surface area contributed by atoms with Crippen LogP contribution in [-0.4, -0.2) is 35.1 Å². The van der Waals surface area contributed by atoms with Gasteiger partial charge in [0.05, 0.1) is 19.4 Å². The Labute approximate surface area is 171 Å². The van der Waals surface area contributed by atoms with Crippen molar-refractivity contribution < 1.29 is 18.7 Å². The minimum absolute atomic E-state index is 0.143. The zero-order valence-electron chi connectivity index (χ0n) is 17.0. The highest BCUT2D eigenvalue weighted by molar-refractivity contribution is 5.98. The molecule has 1 saturated carbocycles. The quantitative estimate of drug-likeness (QED) is 0.856. The average molecular weight is 396 g/mol. The van der Waals surface area contributed by atoms with Crippen LogP contribution in [0.3, 0.4) is 0 Å². The lowest BCUT2D eigenvalue weighted by molar-refractivity contribution is -0.128. The van der Waals surface area contributed by atoms with E-state index in [1.54, 1.807) is 17.2 Å². The van der Waals surface area contributed by atoms with Gasteiger partial charge in [0.2, 0.25) is 5.91 Å². The molecule has 1 aliphatic heterocycles. The number of hydrogen-bond acceptors (Lipinski definition) is 4. The summed E-state index contributed by atoms with van der Waals surface area (Å²) in [6.07, 6.45) is 5.06. The van der Waals surface area contributed by atoms with Gasteiger partial charge >= 0.3 is 0 Å². The number of hydrogen-bond donors (Lipinski definition) is 1. The van der Waals surface area contributed by atoms with Gasteiger partial charge in [-0.15, -0.1) is 0 Å². The highest BCUT2D eigenvalue weighted by Gasteiger charge is 2.53. The Bertz CT molecular complexity index is 852. The second kappa shape index (κ2) is 8.03. The lowest BCUT2D eigenvalue weighted by Gasteiger charge is -2.43. The van der Waals surface area contributed by atoms with Gasteiger partial charge in [0.1, 0.15) is 17.5 Å². The first-order chi connectivity index (χ1) is 14.0. The van der Waals surface area contributed by atoms with Gasteiger partial charge in [-0.2, -0.15) is 0 Å². The van der Waals surface area contributed by atoms with Crippen LogP contribution in [0.4, 0.5) is 0 Å². The number of rotatable bonds is 4. The summed E-state index contributed by atoms with van der Waals surface area (Å²) in [5.41, 5.74) is 0.984. The van der Waals surface area contributed by atoms with Gasteiger partial charge in [0.25, 0.3) is 5.91 Å². The number of furan rings is 1. The summed E-state index contributed by atoms with van der Waals surface area (Å²) in [6, 6.07) is 10.4. The number of carbonyl (C=O) groups excluding carboxylic acids is 2. The van der Waals surface area contributed by atoms with E-state index in [2.05, 4.69) is 12.2 Å². The standard InChI is InChI=1S/C23H28N2O4/c1-16-5-7-18(8-6-16)22(27)25-20(21(26)24-14-19-4-3-13-28-19)15-29-23(25)11-9-17(2)10-12-23/h3-8,13,17,20H,9-12,14-15H2,1-2H3,(H,24,26)/t17?,20-,23?/m1/s1. The summed E-state index contributed by atoms with van der Waals surface area (Å²) >= 11 is 0. The topological polar surface area (TPSA) is 71.8 Å². The largest absolute Gasteiger partial charge is 0.467 e. The van der Waals surface area contributed by atoms with Gasteiger partial charge in [-0.25, -0.2) is 0 Å². The Morgan fingerprint density at radius 1 is 1.17 bits per heavy atom. The number of carbonyl (C=O) groups is 2. The van der Waals surface area contributed by atoms with Crippen molar-refractivity contribution in [3.8, 4) is 0 Å². The van der Waals surface area contributed by atoms with Crippen LogP contribution in [0.2, 0.25) is 0 Å². The molecule has 0 radical (unpaired) electrons. The van der Waals surface area contributed by atoms with Crippen LogP contribution in [0.5, 0.6) is 0 Å². The number of benzene rings is 1. The number of aryl methyl sites for hydroxylation is 1. The maximum Gasteiger partial charge on any atom is 0.256 e. The van der Waals surface area contributed by atoms with Crippen LogP contribution < -0.4 is 5.32 Å². The third kappa shape index (κ3) is 3.94. The molecule has 1 atom stereocenters. The maximum atomic E-state index is 13.5. The van der Waals surface area contributed by atoms with Crippen molar-refractivity contribution in [1.29, 1.82) is 0 Å². The zero-order chi connectivity index (χ0) is 20.4. The van der Waals surface area contributed by atoms with Crippen LogP contribution in [0.15, 0.2) is 47.1 Å². The first-order valence-corrected chi connectivity index (χ1v) is 10.3. The minimum Gasteiger partial charge on any atom is -0.467 e. The molecule has 2 amide bonds. The van der Waals surface area contributed by atoms with E-state index >= 15 is 0 Å². The van der Waals surface area contributed by atoms with Gasteiger partial charge < -0.3 is 14.5 Å². The first kappa shape index (κ1) is 19.7. The molecule has 6 heteroatoms. The molecule has 0 unspecified atom stereocenters.